The van der Waals surface area contributed by atoms with Crippen LogP contribution in [0.1, 0.15) is 27.8 Å². The van der Waals surface area contributed by atoms with Crippen LogP contribution < -0.4 is 15.0 Å². The van der Waals surface area contributed by atoms with Gasteiger partial charge in [-0.05, 0) is 79.8 Å². The Bertz CT molecular complexity index is 1250. The fourth-order valence-corrected chi connectivity index (χ4v) is 3.99. The highest BCUT2D eigenvalue weighted by atomic mass is 16.5. The van der Waals surface area contributed by atoms with Gasteiger partial charge < -0.3 is 10.1 Å². The maximum Gasteiger partial charge on any atom is 0.282 e. The third-order valence-corrected chi connectivity index (χ3v) is 5.68. The highest BCUT2D eigenvalue weighted by molar-refractivity contribution is 6.46. The van der Waals surface area contributed by atoms with Gasteiger partial charge >= 0.3 is 0 Å². The highest BCUT2D eigenvalue weighted by Crippen LogP contribution is 2.35. The van der Waals surface area contributed by atoms with Crippen molar-refractivity contribution in [1.29, 1.82) is 0 Å². The lowest BCUT2D eigenvalue weighted by atomic mass is 9.99. The maximum absolute atomic E-state index is 13.6. The van der Waals surface area contributed by atoms with Gasteiger partial charge in [-0.25, -0.2) is 4.90 Å². The molecule has 0 aromatic heterocycles. The Morgan fingerprint density at radius 3 is 2.16 bits per heavy atom. The minimum atomic E-state index is -0.393. The molecule has 32 heavy (non-hydrogen) atoms. The molecule has 5 heteroatoms. The minimum absolute atomic E-state index is 0.270. The number of ether oxygens (including phenoxy) is 1. The molecule has 1 heterocycles. The predicted molar refractivity (Wildman–Crippen MR) is 128 cm³/mol. The fraction of sp³-hybridized carbons (Fsp3) is 0.185. The monoisotopic (exact) mass is 426 g/mol. The van der Waals surface area contributed by atoms with Crippen molar-refractivity contribution in [3.05, 3.63) is 94.2 Å². The first-order chi connectivity index (χ1) is 15.3. The number of rotatable bonds is 5. The van der Waals surface area contributed by atoms with Crippen LogP contribution in [0.25, 0.3) is 5.57 Å². The number of benzene rings is 3. The summed E-state index contributed by atoms with van der Waals surface area (Å²) in [6.07, 6.45) is 0. The Labute approximate surface area is 188 Å². The number of nitrogens with one attached hydrogen (secondary N) is 1. The molecule has 0 spiro atoms. The van der Waals surface area contributed by atoms with Crippen molar-refractivity contribution in [1.82, 2.24) is 0 Å². The number of nitrogens with zero attached hydrogens (tertiary/aromatic N) is 1. The van der Waals surface area contributed by atoms with Crippen LogP contribution in [0.2, 0.25) is 0 Å². The van der Waals surface area contributed by atoms with Gasteiger partial charge in [0.1, 0.15) is 11.4 Å². The van der Waals surface area contributed by atoms with Crippen LogP contribution in [0.3, 0.4) is 0 Å². The van der Waals surface area contributed by atoms with E-state index < -0.39 is 5.91 Å². The lowest BCUT2D eigenvalue weighted by molar-refractivity contribution is -0.120. The standard InChI is InChI=1S/C27H26N2O3/c1-16-11-17(2)13-21(12-16)28-25-24(20-10-9-18(3)19(4)14-20)26(30)29(27(25)31)22-7-6-8-23(15-22)32-5/h6-15,28H,1-5H3. The van der Waals surface area contributed by atoms with Crippen molar-refractivity contribution in [3.8, 4) is 5.75 Å². The van der Waals surface area contributed by atoms with E-state index in [0.29, 0.717) is 22.6 Å². The lowest BCUT2D eigenvalue weighted by Crippen LogP contribution is -2.32. The summed E-state index contributed by atoms with van der Waals surface area (Å²) in [6.45, 7) is 8.02. The van der Waals surface area contributed by atoms with Crippen molar-refractivity contribution < 1.29 is 14.3 Å². The van der Waals surface area contributed by atoms with Gasteiger partial charge in [0.05, 0.1) is 18.4 Å². The first-order valence-corrected chi connectivity index (χ1v) is 10.5. The summed E-state index contributed by atoms with van der Waals surface area (Å²) in [5, 5.41) is 3.25. The predicted octanol–water partition coefficient (Wildman–Crippen LogP) is 5.33. The van der Waals surface area contributed by atoms with E-state index >= 15 is 0 Å². The molecule has 0 unspecified atom stereocenters. The summed E-state index contributed by atoms with van der Waals surface area (Å²) < 4.78 is 5.30. The number of aryl methyl sites for hydroxylation is 4. The van der Waals surface area contributed by atoms with E-state index in [9.17, 15) is 9.59 Å². The van der Waals surface area contributed by atoms with Gasteiger partial charge in [-0.15, -0.1) is 0 Å². The molecule has 1 aliphatic heterocycles. The quantitative estimate of drug-likeness (QED) is 0.561. The third-order valence-electron chi connectivity index (χ3n) is 5.68. The molecule has 0 radical (unpaired) electrons. The molecule has 2 amide bonds. The van der Waals surface area contributed by atoms with Crippen LogP contribution >= 0.6 is 0 Å². The smallest absolute Gasteiger partial charge is 0.282 e. The summed E-state index contributed by atoms with van der Waals surface area (Å²) in [5.74, 6) is -0.180. The summed E-state index contributed by atoms with van der Waals surface area (Å²) in [6, 6.07) is 18.8. The summed E-state index contributed by atoms with van der Waals surface area (Å²) >= 11 is 0. The van der Waals surface area contributed by atoms with Crippen LogP contribution in [0.5, 0.6) is 5.75 Å². The number of hydrogen-bond donors (Lipinski definition) is 1. The van der Waals surface area contributed by atoms with Crippen molar-refractivity contribution >= 4 is 28.8 Å². The molecule has 4 rings (SSSR count). The SMILES string of the molecule is COc1cccc(N2C(=O)C(Nc3cc(C)cc(C)c3)=C(c3ccc(C)c(C)c3)C2=O)c1. The molecule has 0 saturated heterocycles. The van der Waals surface area contributed by atoms with Gasteiger partial charge in [0, 0.05) is 11.8 Å². The van der Waals surface area contributed by atoms with E-state index in [1.54, 1.807) is 31.4 Å². The number of methoxy groups -OCH3 is 1. The number of carbonyl (C=O) groups is 2. The molecule has 3 aromatic carbocycles. The van der Waals surface area contributed by atoms with Gasteiger partial charge in [0.15, 0.2) is 0 Å². The third kappa shape index (κ3) is 3.89. The molecule has 0 bridgehead atoms. The molecule has 0 fully saturated rings. The van der Waals surface area contributed by atoms with E-state index in [4.69, 9.17) is 4.74 Å². The summed E-state index contributed by atoms with van der Waals surface area (Å²) in [5.41, 5.74) is 6.91. The second kappa shape index (κ2) is 8.35. The van der Waals surface area contributed by atoms with E-state index in [0.717, 1.165) is 27.9 Å². The first kappa shape index (κ1) is 21.4. The average Bonchev–Trinajstić information content (AvgIpc) is 2.99. The molecular formula is C27H26N2O3. The number of amides is 2. The average molecular weight is 427 g/mol. The van der Waals surface area contributed by atoms with E-state index in [1.807, 2.05) is 58.0 Å². The zero-order valence-electron chi connectivity index (χ0n) is 18.9. The number of anilines is 2. The van der Waals surface area contributed by atoms with Crippen molar-refractivity contribution in [2.75, 3.05) is 17.3 Å². The van der Waals surface area contributed by atoms with Gasteiger partial charge in [-0.1, -0.05) is 30.3 Å². The van der Waals surface area contributed by atoms with Crippen LogP contribution in [0.4, 0.5) is 11.4 Å². The van der Waals surface area contributed by atoms with Crippen LogP contribution in [0, 0.1) is 27.7 Å². The summed E-state index contributed by atoms with van der Waals surface area (Å²) in [7, 11) is 1.55. The molecule has 162 valence electrons. The number of imide groups is 1. The van der Waals surface area contributed by atoms with E-state index in [1.165, 1.54) is 4.90 Å². The molecule has 3 aromatic rings. The first-order valence-electron chi connectivity index (χ1n) is 10.5. The van der Waals surface area contributed by atoms with Crippen molar-refractivity contribution in [3.63, 3.8) is 0 Å². The Kier molecular flexibility index (Phi) is 5.57. The van der Waals surface area contributed by atoms with Gasteiger partial charge in [0.25, 0.3) is 11.8 Å². The largest absolute Gasteiger partial charge is 0.497 e. The topological polar surface area (TPSA) is 58.6 Å². The second-order valence-corrected chi connectivity index (χ2v) is 8.20. The minimum Gasteiger partial charge on any atom is -0.497 e. The zero-order chi connectivity index (χ0) is 23.0. The molecule has 0 aliphatic carbocycles. The number of hydrogen-bond acceptors (Lipinski definition) is 4. The van der Waals surface area contributed by atoms with Crippen LogP contribution in [-0.4, -0.2) is 18.9 Å². The lowest BCUT2D eigenvalue weighted by Gasteiger charge is -2.16. The van der Waals surface area contributed by atoms with Gasteiger partial charge in [-0.2, -0.15) is 0 Å². The van der Waals surface area contributed by atoms with E-state index in [-0.39, 0.29) is 11.6 Å². The molecule has 5 nitrogen and oxygen atoms in total. The number of carbonyl (C=O) groups excluding carboxylic acids is 2. The van der Waals surface area contributed by atoms with Crippen molar-refractivity contribution in [2.45, 2.75) is 27.7 Å². The zero-order valence-corrected chi connectivity index (χ0v) is 18.9. The van der Waals surface area contributed by atoms with Crippen LogP contribution in [0.15, 0.2) is 66.4 Å². The Morgan fingerprint density at radius 2 is 1.50 bits per heavy atom. The van der Waals surface area contributed by atoms with E-state index in [2.05, 4.69) is 11.4 Å². The van der Waals surface area contributed by atoms with Crippen molar-refractivity contribution in [2.24, 2.45) is 0 Å². The Morgan fingerprint density at radius 1 is 0.781 bits per heavy atom. The second-order valence-electron chi connectivity index (χ2n) is 8.20. The normalized spacial score (nSPS) is 13.7. The molecule has 1 aliphatic rings. The molecule has 0 atom stereocenters. The van der Waals surface area contributed by atoms with Crippen LogP contribution in [-0.2, 0) is 9.59 Å². The fourth-order valence-electron chi connectivity index (χ4n) is 3.99. The molecule has 0 saturated carbocycles. The Hall–Kier alpha value is -3.86. The highest BCUT2D eigenvalue weighted by Gasteiger charge is 2.40. The molecular weight excluding hydrogens is 400 g/mol. The Balaban J connectivity index is 1.86. The maximum atomic E-state index is 13.6. The van der Waals surface area contributed by atoms with Gasteiger partial charge in [-0.3, -0.25) is 9.59 Å². The molecule has 1 N–H and O–H groups in total. The summed E-state index contributed by atoms with van der Waals surface area (Å²) in [4.78, 5) is 28.4. The van der Waals surface area contributed by atoms with Gasteiger partial charge in [0.2, 0.25) is 0 Å².